The zero-order valence-corrected chi connectivity index (χ0v) is 19.7. The summed E-state index contributed by atoms with van der Waals surface area (Å²) in [5, 5.41) is 1.26. The zero-order valence-electron chi connectivity index (χ0n) is 19.7. The number of para-hydroxylation sites is 1. The Balaban J connectivity index is 1.23. The molecule has 5 nitrogen and oxygen atoms in total. The first-order valence-corrected chi connectivity index (χ1v) is 12.4. The number of benzene rings is 2. The number of nitrogens with zero attached hydrogens (tertiary/aromatic N) is 2. The number of fused-ring (bicyclic) bond motifs is 1. The van der Waals surface area contributed by atoms with Crippen molar-refractivity contribution in [2.75, 3.05) is 39.8 Å². The van der Waals surface area contributed by atoms with E-state index in [1.165, 1.54) is 16.5 Å². The summed E-state index contributed by atoms with van der Waals surface area (Å²) in [6.07, 6.45) is 7.63. The molecule has 0 atom stereocenters. The first-order valence-electron chi connectivity index (χ1n) is 12.4. The monoisotopic (exact) mass is 445 g/mol. The summed E-state index contributed by atoms with van der Waals surface area (Å²) in [7, 11) is 2.18. The molecule has 174 valence electrons. The number of ether oxygens (including phenoxy) is 1. The Morgan fingerprint density at radius 3 is 2.67 bits per heavy atom. The highest BCUT2D eigenvalue weighted by Gasteiger charge is 2.24. The number of carbonyl (C=O) groups is 1. The van der Waals surface area contributed by atoms with Gasteiger partial charge in [0.25, 0.3) is 0 Å². The number of Topliss-reactive ketones (excluding diaryl/α,β-unsaturated/α-hetero) is 1. The van der Waals surface area contributed by atoms with Crippen LogP contribution in [0.1, 0.15) is 42.4 Å². The Labute approximate surface area is 196 Å². The van der Waals surface area contributed by atoms with Crippen LogP contribution in [0, 0.1) is 0 Å². The molecule has 2 aliphatic rings. The summed E-state index contributed by atoms with van der Waals surface area (Å²) in [5.41, 5.74) is 4.72. The topological polar surface area (TPSA) is 48.6 Å². The van der Waals surface area contributed by atoms with E-state index in [9.17, 15) is 4.79 Å². The van der Waals surface area contributed by atoms with Crippen molar-refractivity contribution in [2.24, 2.45) is 0 Å². The largest absolute Gasteiger partial charge is 0.490 e. The third-order valence-corrected chi connectivity index (χ3v) is 6.85. The van der Waals surface area contributed by atoms with Crippen LogP contribution in [0.4, 0.5) is 0 Å². The van der Waals surface area contributed by atoms with E-state index in [-0.39, 0.29) is 0 Å². The lowest BCUT2D eigenvalue weighted by molar-refractivity contribution is -0.118. The Morgan fingerprint density at radius 1 is 1.06 bits per heavy atom. The van der Waals surface area contributed by atoms with Crippen molar-refractivity contribution in [1.29, 1.82) is 0 Å². The van der Waals surface area contributed by atoms with Crippen molar-refractivity contribution in [3.63, 3.8) is 0 Å². The van der Waals surface area contributed by atoms with Gasteiger partial charge in [0.05, 0.1) is 6.10 Å². The fourth-order valence-corrected chi connectivity index (χ4v) is 4.76. The van der Waals surface area contributed by atoms with Gasteiger partial charge in [0.15, 0.2) is 0 Å². The second-order valence-corrected chi connectivity index (χ2v) is 9.80. The minimum atomic E-state index is 0.325. The molecule has 2 fully saturated rings. The van der Waals surface area contributed by atoms with E-state index in [4.69, 9.17) is 4.74 Å². The SMILES string of the molecule is CN1CCN(CCCC(=O)Cc2cc(Cc3c[nH]c4ccccc34)cc(OC3CC3)c2)CC1. The first kappa shape index (κ1) is 22.2. The highest BCUT2D eigenvalue weighted by Crippen LogP contribution is 2.30. The molecule has 3 aromatic rings. The van der Waals surface area contributed by atoms with Crippen LogP contribution in [0.3, 0.4) is 0 Å². The van der Waals surface area contributed by atoms with Gasteiger partial charge in [-0.2, -0.15) is 0 Å². The van der Waals surface area contributed by atoms with Crippen molar-refractivity contribution >= 4 is 16.7 Å². The van der Waals surface area contributed by atoms with Crippen molar-refractivity contribution in [3.8, 4) is 5.75 Å². The molecule has 5 heteroatoms. The van der Waals surface area contributed by atoms with Gasteiger partial charge >= 0.3 is 0 Å². The number of carbonyl (C=O) groups excluding carboxylic acids is 1. The van der Waals surface area contributed by atoms with Crippen LogP contribution in [-0.4, -0.2) is 66.4 Å². The lowest BCUT2D eigenvalue weighted by Crippen LogP contribution is -2.44. The van der Waals surface area contributed by atoms with Gasteiger partial charge in [-0.3, -0.25) is 4.79 Å². The van der Waals surface area contributed by atoms with Crippen LogP contribution < -0.4 is 4.74 Å². The van der Waals surface area contributed by atoms with Crippen LogP contribution in [0.15, 0.2) is 48.7 Å². The first-order chi connectivity index (χ1) is 16.1. The number of likely N-dealkylation sites (N-methyl/N-ethyl adjacent to an activating group) is 1. The quantitative estimate of drug-likeness (QED) is 0.501. The number of H-pyrrole nitrogens is 1. The summed E-state index contributed by atoms with van der Waals surface area (Å²) in [6, 6.07) is 14.8. The van der Waals surface area contributed by atoms with Crippen molar-refractivity contribution < 1.29 is 9.53 Å². The van der Waals surface area contributed by atoms with E-state index in [1.807, 2.05) is 0 Å². The van der Waals surface area contributed by atoms with Crippen molar-refractivity contribution in [2.45, 2.75) is 44.6 Å². The molecule has 5 rings (SSSR count). The number of aromatic nitrogens is 1. The minimum absolute atomic E-state index is 0.325. The number of aromatic amines is 1. The smallest absolute Gasteiger partial charge is 0.137 e. The molecule has 1 saturated heterocycles. The van der Waals surface area contributed by atoms with E-state index in [1.54, 1.807) is 0 Å². The molecule has 1 aliphatic carbocycles. The Morgan fingerprint density at radius 2 is 1.85 bits per heavy atom. The van der Waals surface area contributed by atoms with Crippen LogP contribution in [0.2, 0.25) is 0 Å². The molecule has 0 bridgehead atoms. The van der Waals surface area contributed by atoms with Crippen LogP contribution in [-0.2, 0) is 17.6 Å². The molecule has 0 amide bonds. The summed E-state index contributed by atoms with van der Waals surface area (Å²) in [6.45, 7) is 5.50. The molecule has 0 spiro atoms. The fourth-order valence-electron chi connectivity index (χ4n) is 4.76. The third-order valence-electron chi connectivity index (χ3n) is 6.85. The fraction of sp³-hybridized carbons (Fsp3) is 0.464. The summed E-state index contributed by atoms with van der Waals surface area (Å²) in [4.78, 5) is 21.0. The van der Waals surface area contributed by atoms with Gasteiger partial charge in [-0.15, -0.1) is 0 Å². The minimum Gasteiger partial charge on any atom is -0.490 e. The van der Waals surface area contributed by atoms with Crippen LogP contribution in [0.5, 0.6) is 5.75 Å². The number of hydrogen-bond donors (Lipinski definition) is 1. The van der Waals surface area contributed by atoms with Crippen molar-refractivity contribution in [3.05, 3.63) is 65.4 Å². The second-order valence-electron chi connectivity index (χ2n) is 9.80. The van der Waals surface area contributed by atoms with E-state index >= 15 is 0 Å². The van der Waals surface area contributed by atoms with E-state index in [2.05, 4.69) is 70.5 Å². The average molecular weight is 446 g/mol. The maximum atomic E-state index is 12.8. The third kappa shape index (κ3) is 6.04. The summed E-state index contributed by atoms with van der Waals surface area (Å²) < 4.78 is 6.13. The maximum Gasteiger partial charge on any atom is 0.137 e. The predicted octanol–water partition coefficient (Wildman–Crippen LogP) is 4.44. The van der Waals surface area contributed by atoms with Gasteiger partial charge in [-0.1, -0.05) is 24.3 Å². The van der Waals surface area contributed by atoms with Crippen LogP contribution >= 0.6 is 0 Å². The summed E-state index contributed by atoms with van der Waals surface area (Å²) >= 11 is 0. The molecule has 1 aromatic heterocycles. The van der Waals surface area contributed by atoms with E-state index in [0.29, 0.717) is 24.7 Å². The van der Waals surface area contributed by atoms with E-state index < -0.39 is 0 Å². The molecule has 1 N–H and O–H groups in total. The normalized spacial score (nSPS) is 17.5. The van der Waals surface area contributed by atoms with Crippen molar-refractivity contribution in [1.82, 2.24) is 14.8 Å². The lowest BCUT2D eigenvalue weighted by Gasteiger charge is -2.32. The second kappa shape index (κ2) is 10.1. The molecular weight excluding hydrogens is 410 g/mol. The standard InChI is InChI=1S/C28H35N3O2/c1-30-11-13-31(14-12-30)10-4-5-24(32)17-22-15-21(18-26(19-22)33-25-8-9-25)16-23-20-29-28-7-3-2-6-27(23)28/h2-3,6-7,15,18-20,25,29H,4-5,8-14,16-17H2,1H3. The van der Waals surface area contributed by atoms with Gasteiger partial charge in [0.2, 0.25) is 0 Å². The molecular formula is C28H35N3O2. The van der Waals surface area contributed by atoms with Gasteiger partial charge in [-0.25, -0.2) is 0 Å². The molecule has 0 radical (unpaired) electrons. The van der Waals surface area contributed by atoms with Gasteiger partial charge < -0.3 is 19.5 Å². The van der Waals surface area contributed by atoms with Gasteiger partial charge in [-0.05, 0) is 74.2 Å². The number of nitrogens with one attached hydrogen (secondary N) is 1. The number of ketones is 1. The Hall–Kier alpha value is -2.63. The molecule has 33 heavy (non-hydrogen) atoms. The number of piperazine rings is 1. The van der Waals surface area contributed by atoms with E-state index in [0.717, 1.165) is 75.2 Å². The number of hydrogen-bond acceptors (Lipinski definition) is 4. The average Bonchev–Trinajstić information content (AvgIpc) is 3.53. The summed E-state index contributed by atoms with van der Waals surface area (Å²) in [5.74, 6) is 1.24. The maximum absolute atomic E-state index is 12.8. The lowest BCUT2D eigenvalue weighted by atomic mass is 9.98. The molecule has 0 unspecified atom stereocenters. The predicted molar refractivity (Wildman–Crippen MR) is 133 cm³/mol. The molecule has 1 aliphatic heterocycles. The highest BCUT2D eigenvalue weighted by molar-refractivity contribution is 5.83. The Bertz CT molecular complexity index is 1090. The Kier molecular flexibility index (Phi) is 6.79. The van der Waals surface area contributed by atoms with Gasteiger partial charge in [0, 0.05) is 56.1 Å². The molecule has 1 saturated carbocycles. The zero-order chi connectivity index (χ0) is 22.6. The number of rotatable bonds is 10. The van der Waals surface area contributed by atoms with Crippen LogP contribution in [0.25, 0.3) is 10.9 Å². The van der Waals surface area contributed by atoms with Gasteiger partial charge in [0.1, 0.15) is 11.5 Å². The molecule has 2 heterocycles. The highest BCUT2D eigenvalue weighted by atomic mass is 16.5. The molecule has 2 aromatic carbocycles.